The molecule has 0 spiro atoms. The summed E-state index contributed by atoms with van der Waals surface area (Å²) in [6.07, 6.45) is 0.587. The lowest BCUT2D eigenvalue weighted by molar-refractivity contribution is 0.316. The first kappa shape index (κ1) is 11.2. The van der Waals surface area contributed by atoms with Gasteiger partial charge in [0.25, 0.3) is 0 Å². The summed E-state index contributed by atoms with van der Waals surface area (Å²) < 4.78 is 0. The second-order valence-corrected chi connectivity index (χ2v) is 2.89. The molecule has 0 aliphatic heterocycles. The van der Waals surface area contributed by atoms with Crippen molar-refractivity contribution in [3.05, 3.63) is 0 Å². The normalized spacial score (nSPS) is 12.4. The Kier molecular flexibility index (Phi) is 6.41. The number of hydrogen-bond donors (Lipinski definition) is 3. The summed E-state index contributed by atoms with van der Waals surface area (Å²) in [6, 6.07) is 0. The van der Waals surface area contributed by atoms with Crippen molar-refractivity contribution in [2.24, 2.45) is 10.9 Å². The van der Waals surface area contributed by atoms with E-state index in [2.05, 4.69) is 15.4 Å². The molecular weight excluding hydrogens is 156 g/mol. The molecule has 0 fully saturated rings. The van der Waals surface area contributed by atoms with Gasteiger partial charge in [0.1, 0.15) is 5.84 Å². The first-order chi connectivity index (χ1) is 5.66. The largest absolute Gasteiger partial charge is 0.409 e. The first-order valence-corrected chi connectivity index (χ1v) is 3.98. The second-order valence-electron chi connectivity index (χ2n) is 2.89. The van der Waals surface area contributed by atoms with Crippen molar-refractivity contribution >= 4 is 5.84 Å². The van der Waals surface area contributed by atoms with Crippen LogP contribution in [0.1, 0.15) is 6.42 Å². The van der Waals surface area contributed by atoms with E-state index in [4.69, 9.17) is 10.9 Å². The van der Waals surface area contributed by atoms with Gasteiger partial charge in [-0.15, -0.1) is 0 Å². The third-order valence-electron chi connectivity index (χ3n) is 1.42. The van der Waals surface area contributed by atoms with Crippen molar-refractivity contribution in [2.45, 2.75) is 6.42 Å². The van der Waals surface area contributed by atoms with E-state index in [0.29, 0.717) is 6.42 Å². The lowest BCUT2D eigenvalue weighted by Gasteiger charge is -2.09. The molecule has 4 N–H and O–H groups in total. The number of oxime groups is 1. The quantitative estimate of drug-likeness (QED) is 0.163. The highest BCUT2D eigenvalue weighted by Gasteiger charge is 1.93. The van der Waals surface area contributed by atoms with Gasteiger partial charge in [-0.05, 0) is 14.1 Å². The molecule has 12 heavy (non-hydrogen) atoms. The molecule has 0 aliphatic rings. The van der Waals surface area contributed by atoms with E-state index >= 15 is 0 Å². The Labute approximate surface area is 73.2 Å². The van der Waals surface area contributed by atoms with Gasteiger partial charge in [-0.25, -0.2) is 0 Å². The number of nitrogens with one attached hydrogen (secondary N) is 1. The standard InChI is InChI=1S/C7H18N4O/c1-11(2)6-5-9-4-3-7(8)10-12/h9,12H,3-6H2,1-2H3,(H2,8,10). The molecule has 0 aromatic rings. The zero-order valence-electron chi connectivity index (χ0n) is 7.75. The van der Waals surface area contributed by atoms with Crippen LogP contribution < -0.4 is 11.1 Å². The summed E-state index contributed by atoms with van der Waals surface area (Å²) in [4.78, 5) is 2.09. The lowest BCUT2D eigenvalue weighted by Crippen LogP contribution is -2.29. The monoisotopic (exact) mass is 174 g/mol. The molecule has 0 aromatic heterocycles. The predicted octanol–water partition coefficient (Wildman–Crippen LogP) is -0.726. The fourth-order valence-electron chi connectivity index (χ4n) is 0.694. The van der Waals surface area contributed by atoms with Gasteiger partial charge in [0.2, 0.25) is 0 Å². The minimum Gasteiger partial charge on any atom is -0.409 e. The molecule has 0 saturated heterocycles. The van der Waals surface area contributed by atoms with Crippen molar-refractivity contribution in [2.75, 3.05) is 33.7 Å². The average Bonchev–Trinajstić information content (AvgIpc) is 2.03. The third kappa shape index (κ3) is 7.30. The number of nitrogens with zero attached hydrogens (tertiary/aromatic N) is 2. The molecule has 0 unspecified atom stereocenters. The van der Waals surface area contributed by atoms with Crippen LogP contribution in [0.2, 0.25) is 0 Å². The van der Waals surface area contributed by atoms with E-state index in [9.17, 15) is 0 Å². The van der Waals surface area contributed by atoms with Gasteiger partial charge in [0.15, 0.2) is 0 Å². The maximum Gasteiger partial charge on any atom is 0.140 e. The summed E-state index contributed by atoms with van der Waals surface area (Å²) >= 11 is 0. The Bertz CT molecular complexity index is 135. The highest BCUT2D eigenvalue weighted by molar-refractivity contribution is 5.79. The van der Waals surface area contributed by atoms with Gasteiger partial charge in [-0.2, -0.15) is 0 Å². The van der Waals surface area contributed by atoms with Crippen LogP contribution in [0.5, 0.6) is 0 Å². The summed E-state index contributed by atoms with van der Waals surface area (Å²) in [5.74, 6) is 0.271. The van der Waals surface area contributed by atoms with Crippen molar-refractivity contribution in [1.29, 1.82) is 0 Å². The van der Waals surface area contributed by atoms with Crippen LogP contribution in [-0.2, 0) is 0 Å². The Morgan fingerprint density at radius 3 is 2.67 bits per heavy atom. The number of hydrogen-bond acceptors (Lipinski definition) is 4. The predicted molar refractivity (Wildman–Crippen MR) is 49.4 cm³/mol. The number of nitrogens with two attached hydrogens (primary N) is 1. The molecule has 0 heterocycles. The Hall–Kier alpha value is -0.810. The highest BCUT2D eigenvalue weighted by atomic mass is 16.4. The van der Waals surface area contributed by atoms with Crippen molar-refractivity contribution < 1.29 is 5.21 Å². The molecule has 5 heteroatoms. The molecule has 72 valence electrons. The minimum atomic E-state index is 0.271. The van der Waals surface area contributed by atoms with Crippen LogP contribution in [0.3, 0.4) is 0 Å². The van der Waals surface area contributed by atoms with Gasteiger partial charge >= 0.3 is 0 Å². The highest BCUT2D eigenvalue weighted by Crippen LogP contribution is 1.76. The number of amidine groups is 1. The zero-order valence-corrected chi connectivity index (χ0v) is 7.75. The SMILES string of the molecule is CN(C)CCNCCC(N)=NO. The van der Waals surface area contributed by atoms with E-state index in [1.807, 2.05) is 14.1 Å². The van der Waals surface area contributed by atoms with E-state index < -0.39 is 0 Å². The molecule has 0 aliphatic carbocycles. The van der Waals surface area contributed by atoms with Crippen molar-refractivity contribution in [1.82, 2.24) is 10.2 Å². The van der Waals surface area contributed by atoms with Gasteiger partial charge in [0, 0.05) is 26.1 Å². The van der Waals surface area contributed by atoms with Crippen molar-refractivity contribution in [3.63, 3.8) is 0 Å². The maximum atomic E-state index is 8.21. The molecule has 5 nitrogen and oxygen atoms in total. The molecule has 0 rings (SSSR count). The summed E-state index contributed by atoms with van der Waals surface area (Å²) in [5, 5.41) is 14.2. The minimum absolute atomic E-state index is 0.271. The van der Waals surface area contributed by atoms with Crippen LogP contribution in [0.15, 0.2) is 5.16 Å². The third-order valence-corrected chi connectivity index (χ3v) is 1.42. The van der Waals surface area contributed by atoms with Crippen LogP contribution in [-0.4, -0.2) is 49.7 Å². The molecule has 0 aromatic carbocycles. The van der Waals surface area contributed by atoms with E-state index in [1.165, 1.54) is 0 Å². The Morgan fingerprint density at radius 1 is 1.50 bits per heavy atom. The fourth-order valence-corrected chi connectivity index (χ4v) is 0.694. The smallest absolute Gasteiger partial charge is 0.140 e. The zero-order chi connectivity index (χ0) is 9.40. The van der Waals surface area contributed by atoms with Gasteiger partial charge in [0.05, 0.1) is 0 Å². The molecule has 0 bridgehead atoms. The lowest BCUT2D eigenvalue weighted by atomic mass is 10.4. The topological polar surface area (TPSA) is 73.9 Å². The fraction of sp³-hybridized carbons (Fsp3) is 0.857. The Balaban J connectivity index is 3.11. The van der Waals surface area contributed by atoms with E-state index in [1.54, 1.807) is 0 Å². The second kappa shape index (κ2) is 6.87. The summed E-state index contributed by atoms with van der Waals surface area (Å²) in [7, 11) is 4.04. The first-order valence-electron chi connectivity index (χ1n) is 3.98. The summed E-state index contributed by atoms with van der Waals surface area (Å²) in [6.45, 7) is 2.67. The maximum absolute atomic E-state index is 8.21. The van der Waals surface area contributed by atoms with Gasteiger partial charge in [-0.3, -0.25) is 0 Å². The van der Waals surface area contributed by atoms with Crippen LogP contribution in [0, 0.1) is 0 Å². The van der Waals surface area contributed by atoms with Crippen molar-refractivity contribution in [3.8, 4) is 0 Å². The van der Waals surface area contributed by atoms with Crippen LogP contribution in [0.25, 0.3) is 0 Å². The van der Waals surface area contributed by atoms with E-state index in [-0.39, 0.29) is 5.84 Å². The Morgan fingerprint density at radius 2 is 2.17 bits per heavy atom. The van der Waals surface area contributed by atoms with Crippen LogP contribution >= 0.6 is 0 Å². The average molecular weight is 174 g/mol. The molecular formula is C7H18N4O. The van der Waals surface area contributed by atoms with Gasteiger partial charge in [-0.1, -0.05) is 5.16 Å². The van der Waals surface area contributed by atoms with Gasteiger partial charge < -0.3 is 21.2 Å². The number of rotatable bonds is 6. The summed E-state index contributed by atoms with van der Waals surface area (Å²) in [5.41, 5.74) is 5.26. The van der Waals surface area contributed by atoms with Crippen LogP contribution in [0.4, 0.5) is 0 Å². The molecule has 0 atom stereocenters. The molecule has 0 radical (unpaired) electrons. The molecule has 0 saturated carbocycles. The molecule has 0 amide bonds. The van der Waals surface area contributed by atoms with E-state index in [0.717, 1.165) is 19.6 Å². The number of likely N-dealkylation sites (N-methyl/N-ethyl adjacent to an activating group) is 1.